The zero-order valence-corrected chi connectivity index (χ0v) is 8.89. The van der Waals surface area contributed by atoms with Gasteiger partial charge in [0.15, 0.2) is 0 Å². The quantitative estimate of drug-likeness (QED) is 0.587. The Morgan fingerprint density at radius 1 is 0.917 bits per heavy atom. The monoisotopic (exact) mass is 167 g/mol. The minimum Gasteiger partial charge on any atom is -0.399 e. The van der Waals surface area contributed by atoms with Crippen molar-refractivity contribution in [3.05, 3.63) is 29.8 Å². The minimum atomic E-state index is 0.868. The van der Waals surface area contributed by atoms with Gasteiger partial charge in [-0.2, -0.15) is 0 Å². The Morgan fingerprint density at radius 2 is 1.33 bits per heavy atom. The van der Waals surface area contributed by atoms with Crippen LogP contribution in [0, 0.1) is 6.92 Å². The van der Waals surface area contributed by atoms with Crippen LogP contribution < -0.4 is 5.73 Å². The SMILES string of the molecule is CC.CC.Cc1ccccc1N. The number of hydrogen-bond donors (Lipinski definition) is 1. The number of aryl methyl sites for hydroxylation is 1. The minimum absolute atomic E-state index is 0.868. The summed E-state index contributed by atoms with van der Waals surface area (Å²) in [4.78, 5) is 0. The normalized spacial score (nSPS) is 7.08. The summed E-state index contributed by atoms with van der Waals surface area (Å²) in [6.45, 7) is 10.00. The number of rotatable bonds is 0. The van der Waals surface area contributed by atoms with Crippen molar-refractivity contribution in [2.24, 2.45) is 0 Å². The summed E-state index contributed by atoms with van der Waals surface area (Å²) in [6.07, 6.45) is 0. The van der Waals surface area contributed by atoms with Crippen LogP contribution in [0.2, 0.25) is 0 Å². The zero-order valence-electron chi connectivity index (χ0n) is 8.89. The van der Waals surface area contributed by atoms with Crippen LogP contribution in [0.3, 0.4) is 0 Å². The fraction of sp³-hybridized carbons (Fsp3) is 0.455. The van der Waals surface area contributed by atoms with Gasteiger partial charge >= 0.3 is 0 Å². The Labute approximate surface area is 76.6 Å². The van der Waals surface area contributed by atoms with Gasteiger partial charge in [-0.15, -0.1) is 0 Å². The van der Waals surface area contributed by atoms with Gasteiger partial charge in [-0.1, -0.05) is 45.9 Å². The van der Waals surface area contributed by atoms with E-state index in [4.69, 9.17) is 5.73 Å². The predicted octanol–water partition coefficient (Wildman–Crippen LogP) is 3.63. The first-order chi connectivity index (χ1) is 5.80. The van der Waals surface area contributed by atoms with Crippen LogP contribution in [0.1, 0.15) is 33.3 Å². The molecule has 0 amide bonds. The van der Waals surface area contributed by atoms with E-state index in [9.17, 15) is 0 Å². The number of benzene rings is 1. The van der Waals surface area contributed by atoms with Gasteiger partial charge in [0, 0.05) is 5.69 Å². The number of anilines is 1. The summed E-state index contributed by atoms with van der Waals surface area (Å²) >= 11 is 0. The van der Waals surface area contributed by atoms with E-state index in [1.165, 1.54) is 0 Å². The highest BCUT2D eigenvalue weighted by Gasteiger charge is 1.84. The van der Waals surface area contributed by atoms with Gasteiger partial charge in [0.2, 0.25) is 0 Å². The molecule has 0 unspecified atom stereocenters. The van der Waals surface area contributed by atoms with Crippen molar-refractivity contribution in [2.75, 3.05) is 5.73 Å². The Balaban J connectivity index is 0. The standard InChI is InChI=1S/C7H9N.2C2H6/c1-6-4-2-3-5-7(6)8;2*1-2/h2-5H,8H2,1H3;2*1-2H3. The summed E-state index contributed by atoms with van der Waals surface area (Å²) < 4.78 is 0. The molecule has 70 valence electrons. The highest BCUT2D eigenvalue weighted by Crippen LogP contribution is 2.06. The van der Waals surface area contributed by atoms with E-state index in [0.29, 0.717) is 0 Å². The molecule has 0 aromatic heterocycles. The van der Waals surface area contributed by atoms with Crippen LogP contribution in [-0.2, 0) is 0 Å². The van der Waals surface area contributed by atoms with E-state index < -0.39 is 0 Å². The third-order valence-electron chi connectivity index (χ3n) is 1.19. The molecule has 0 radical (unpaired) electrons. The molecule has 0 saturated heterocycles. The van der Waals surface area contributed by atoms with Crippen molar-refractivity contribution in [1.82, 2.24) is 0 Å². The fourth-order valence-electron chi connectivity index (χ4n) is 0.587. The van der Waals surface area contributed by atoms with Gasteiger partial charge in [0.25, 0.3) is 0 Å². The van der Waals surface area contributed by atoms with Crippen molar-refractivity contribution >= 4 is 5.69 Å². The van der Waals surface area contributed by atoms with Crippen LogP contribution in [0.4, 0.5) is 5.69 Å². The molecule has 0 aliphatic carbocycles. The second kappa shape index (κ2) is 10.0. The van der Waals surface area contributed by atoms with Crippen LogP contribution in [-0.4, -0.2) is 0 Å². The molecule has 1 rings (SSSR count). The molecule has 0 saturated carbocycles. The third-order valence-corrected chi connectivity index (χ3v) is 1.19. The molecule has 1 nitrogen and oxygen atoms in total. The average Bonchev–Trinajstić information content (AvgIpc) is 2.17. The van der Waals surface area contributed by atoms with Crippen LogP contribution in [0.15, 0.2) is 24.3 Å². The van der Waals surface area contributed by atoms with Gasteiger partial charge in [-0.25, -0.2) is 0 Å². The van der Waals surface area contributed by atoms with E-state index in [1.807, 2.05) is 58.9 Å². The molecule has 0 spiro atoms. The Morgan fingerprint density at radius 3 is 1.58 bits per heavy atom. The van der Waals surface area contributed by atoms with Gasteiger partial charge in [-0.3, -0.25) is 0 Å². The van der Waals surface area contributed by atoms with Crippen LogP contribution in [0.5, 0.6) is 0 Å². The fourth-order valence-corrected chi connectivity index (χ4v) is 0.587. The molecule has 2 N–H and O–H groups in total. The van der Waals surface area contributed by atoms with Crippen molar-refractivity contribution in [3.63, 3.8) is 0 Å². The van der Waals surface area contributed by atoms with Gasteiger partial charge in [0.05, 0.1) is 0 Å². The molecule has 0 heterocycles. The smallest absolute Gasteiger partial charge is 0.0343 e. The first-order valence-corrected chi connectivity index (χ1v) is 4.62. The number of para-hydroxylation sites is 1. The highest BCUT2D eigenvalue weighted by atomic mass is 14.5. The lowest BCUT2D eigenvalue weighted by atomic mass is 10.2. The van der Waals surface area contributed by atoms with Crippen molar-refractivity contribution < 1.29 is 0 Å². The maximum atomic E-state index is 5.52. The highest BCUT2D eigenvalue weighted by molar-refractivity contribution is 5.44. The second-order valence-corrected chi connectivity index (χ2v) is 1.86. The average molecular weight is 167 g/mol. The Bertz CT molecular complexity index is 161. The lowest BCUT2D eigenvalue weighted by Crippen LogP contribution is -1.85. The molecule has 12 heavy (non-hydrogen) atoms. The molecule has 0 aliphatic rings. The molecular weight excluding hydrogens is 146 g/mol. The molecule has 0 fully saturated rings. The first-order valence-electron chi connectivity index (χ1n) is 4.62. The second-order valence-electron chi connectivity index (χ2n) is 1.86. The number of nitrogen functional groups attached to an aromatic ring is 1. The molecule has 1 aromatic carbocycles. The molecule has 0 atom stereocenters. The molecule has 0 aliphatic heterocycles. The van der Waals surface area contributed by atoms with E-state index >= 15 is 0 Å². The van der Waals surface area contributed by atoms with E-state index in [-0.39, 0.29) is 0 Å². The summed E-state index contributed by atoms with van der Waals surface area (Å²) in [6, 6.07) is 7.80. The molecule has 0 bridgehead atoms. The summed E-state index contributed by atoms with van der Waals surface area (Å²) in [5.41, 5.74) is 7.53. The Hall–Kier alpha value is -0.980. The largest absolute Gasteiger partial charge is 0.399 e. The van der Waals surface area contributed by atoms with Gasteiger partial charge < -0.3 is 5.73 Å². The summed E-state index contributed by atoms with van der Waals surface area (Å²) in [5.74, 6) is 0. The predicted molar refractivity (Wildman–Crippen MR) is 58.3 cm³/mol. The maximum Gasteiger partial charge on any atom is 0.0343 e. The summed E-state index contributed by atoms with van der Waals surface area (Å²) in [7, 11) is 0. The lowest BCUT2D eigenvalue weighted by Gasteiger charge is -1.93. The molecule has 1 aromatic rings. The van der Waals surface area contributed by atoms with Crippen molar-refractivity contribution in [3.8, 4) is 0 Å². The topological polar surface area (TPSA) is 26.0 Å². The molecular formula is C11H21N. The van der Waals surface area contributed by atoms with E-state index in [0.717, 1.165) is 11.3 Å². The Kier molecular flexibility index (Phi) is 11.4. The van der Waals surface area contributed by atoms with Crippen molar-refractivity contribution in [2.45, 2.75) is 34.6 Å². The first kappa shape index (κ1) is 13.6. The lowest BCUT2D eigenvalue weighted by molar-refractivity contribution is 1.47. The number of hydrogen-bond acceptors (Lipinski definition) is 1. The van der Waals surface area contributed by atoms with E-state index in [1.54, 1.807) is 0 Å². The molecule has 1 heteroatoms. The summed E-state index contributed by atoms with van der Waals surface area (Å²) in [5, 5.41) is 0. The third kappa shape index (κ3) is 5.78. The van der Waals surface area contributed by atoms with Gasteiger partial charge in [-0.05, 0) is 18.6 Å². The van der Waals surface area contributed by atoms with Crippen LogP contribution in [0.25, 0.3) is 0 Å². The maximum absolute atomic E-state index is 5.52. The number of nitrogens with two attached hydrogens (primary N) is 1. The van der Waals surface area contributed by atoms with Crippen molar-refractivity contribution in [1.29, 1.82) is 0 Å². The zero-order chi connectivity index (χ0) is 9.98. The van der Waals surface area contributed by atoms with Gasteiger partial charge in [0.1, 0.15) is 0 Å². The van der Waals surface area contributed by atoms with E-state index in [2.05, 4.69) is 0 Å². The van der Waals surface area contributed by atoms with Crippen LogP contribution >= 0.6 is 0 Å².